The Morgan fingerprint density at radius 2 is 1.62 bits per heavy atom. The topological polar surface area (TPSA) is 51.0 Å². The summed E-state index contributed by atoms with van der Waals surface area (Å²) in [6, 6.07) is 18.4. The van der Waals surface area contributed by atoms with Crippen LogP contribution in [0.5, 0.6) is 0 Å². The molecule has 3 aromatic rings. The first-order valence-corrected chi connectivity index (χ1v) is 8.24. The molecule has 0 aliphatic rings. The van der Waals surface area contributed by atoms with Crippen molar-refractivity contribution in [3.8, 4) is 11.5 Å². The molecule has 0 aliphatic carbocycles. The molecule has 0 saturated carbocycles. The summed E-state index contributed by atoms with van der Waals surface area (Å²) in [7, 11) is 0. The fraction of sp³-hybridized carbons (Fsp3) is 0.300. The maximum Gasteiger partial charge on any atom is 0.247 e. The van der Waals surface area contributed by atoms with E-state index in [4.69, 9.17) is 4.42 Å². The second-order valence-corrected chi connectivity index (χ2v) is 6.87. The van der Waals surface area contributed by atoms with E-state index in [1.54, 1.807) is 0 Å². The second kappa shape index (κ2) is 6.87. The van der Waals surface area contributed by atoms with Crippen LogP contribution in [0.3, 0.4) is 0 Å². The molecule has 0 unspecified atom stereocenters. The predicted molar refractivity (Wildman–Crippen MR) is 97.1 cm³/mol. The number of aromatic nitrogens is 2. The molecule has 1 heterocycles. The third kappa shape index (κ3) is 4.02. The highest BCUT2D eigenvalue weighted by molar-refractivity contribution is 5.51. The van der Waals surface area contributed by atoms with Crippen molar-refractivity contribution in [1.82, 2.24) is 10.2 Å². The Labute approximate surface area is 142 Å². The number of nitrogens with zero attached hydrogens (tertiary/aromatic N) is 2. The Hall–Kier alpha value is -2.62. The first-order valence-electron chi connectivity index (χ1n) is 8.24. The third-order valence-electron chi connectivity index (χ3n) is 3.91. The number of benzene rings is 2. The van der Waals surface area contributed by atoms with Gasteiger partial charge in [-0.15, -0.1) is 10.2 Å². The van der Waals surface area contributed by atoms with E-state index in [1.165, 1.54) is 5.56 Å². The Bertz CT molecular complexity index is 771. The minimum Gasteiger partial charge on any atom is -0.421 e. The van der Waals surface area contributed by atoms with Gasteiger partial charge < -0.3 is 9.73 Å². The van der Waals surface area contributed by atoms with Gasteiger partial charge in [0.05, 0.1) is 0 Å². The van der Waals surface area contributed by atoms with E-state index in [-0.39, 0.29) is 5.41 Å². The number of hydrogen-bond donors (Lipinski definition) is 1. The molecule has 0 amide bonds. The van der Waals surface area contributed by atoms with Crippen LogP contribution in [0.15, 0.2) is 59.0 Å². The molecule has 124 valence electrons. The summed E-state index contributed by atoms with van der Waals surface area (Å²) in [5.74, 6) is 1.22. The van der Waals surface area contributed by atoms with E-state index >= 15 is 0 Å². The van der Waals surface area contributed by atoms with Crippen molar-refractivity contribution in [3.05, 3.63) is 66.1 Å². The molecule has 0 radical (unpaired) electrons. The highest BCUT2D eigenvalue weighted by Gasteiger charge is 2.12. The zero-order chi connectivity index (χ0) is 17.0. The second-order valence-electron chi connectivity index (χ2n) is 6.87. The van der Waals surface area contributed by atoms with Gasteiger partial charge in [0.15, 0.2) is 0 Å². The van der Waals surface area contributed by atoms with Crippen molar-refractivity contribution in [1.29, 1.82) is 0 Å². The molecule has 4 heteroatoms. The molecule has 24 heavy (non-hydrogen) atoms. The zero-order valence-electron chi connectivity index (χ0n) is 14.4. The molecule has 1 aromatic heterocycles. The quantitative estimate of drug-likeness (QED) is 0.741. The van der Waals surface area contributed by atoms with Gasteiger partial charge in [-0.2, -0.15) is 0 Å². The summed E-state index contributed by atoms with van der Waals surface area (Å²) in [4.78, 5) is 0. The molecule has 0 aliphatic heterocycles. The number of anilines is 1. The molecular formula is C20H23N3O. The lowest BCUT2D eigenvalue weighted by atomic mass is 9.87. The van der Waals surface area contributed by atoms with Crippen LogP contribution in [0.25, 0.3) is 11.5 Å². The van der Waals surface area contributed by atoms with Gasteiger partial charge in [-0.3, -0.25) is 0 Å². The fourth-order valence-electron chi connectivity index (χ4n) is 2.45. The van der Waals surface area contributed by atoms with Gasteiger partial charge in [0.25, 0.3) is 0 Å². The summed E-state index contributed by atoms with van der Waals surface area (Å²) in [6.07, 6.45) is 0.695. The van der Waals surface area contributed by atoms with E-state index in [1.807, 2.05) is 30.3 Å². The maximum absolute atomic E-state index is 5.71. The summed E-state index contributed by atoms with van der Waals surface area (Å²) in [6.45, 7) is 7.41. The fourth-order valence-corrected chi connectivity index (χ4v) is 2.45. The Morgan fingerprint density at radius 3 is 2.29 bits per heavy atom. The van der Waals surface area contributed by atoms with Crippen molar-refractivity contribution in [2.24, 2.45) is 0 Å². The third-order valence-corrected chi connectivity index (χ3v) is 3.91. The monoisotopic (exact) mass is 321 g/mol. The lowest BCUT2D eigenvalue weighted by Gasteiger charge is -2.19. The first kappa shape index (κ1) is 16.2. The van der Waals surface area contributed by atoms with E-state index in [0.717, 1.165) is 17.8 Å². The van der Waals surface area contributed by atoms with Crippen LogP contribution in [0, 0.1) is 0 Å². The largest absolute Gasteiger partial charge is 0.421 e. The molecule has 0 fully saturated rings. The van der Waals surface area contributed by atoms with Crippen LogP contribution in [-0.4, -0.2) is 16.7 Å². The van der Waals surface area contributed by atoms with Gasteiger partial charge in [0, 0.05) is 24.2 Å². The van der Waals surface area contributed by atoms with Gasteiger partial charge in [0.2, 0.25) is 11.8 Å². The summed E-state index contributed by atoms with van der Waals surface area (Å²) in [5.41, 5.74) is 3.56. The molecule has 0 saturated heterocycles. The van der Waals surface area contributed by atoms with Crippen molar-refractivity contribution in [2.45, 2.75) is 32.6 Å². The lowest BCUT2D eigenvalue weighted by molar-refractivity contribution is 0.509. The van der Waals surface area contributed by atoms with Crippen LogP contribution >= 0.6 is 0 Å². The van der Waals surface area contributed by atoms with Gasteiger partial charge >= 0.3 is 0 Å². The molecule has 0 spiro atoms. The van der Waals surface area contributed by atoms with Crippen LogP contribution in [0.2, 0.25) is 0 Å². The highest BCUT2D eigenvalue weighted by Crippen LogP contribution is 2.23. The predicted octanol–water partition coefficient (Wildman–Crippen LogP) is 4.69. The SMILES string of the molecule is CC(C)(C)c1ccc(NCCc2nnc(-c3ccccc3)o2)cc1. The molecule has 2 aromatic carbocycles. The van der Waals surface area contributed by atoms with Crippen molar-refractivity contribution < 1.29 is 4.42 Å². The molecule has 4 nitrogen and oxygen atoms in total. The van der Waals surface area contributed by atoms with Crippen LogP contribution in [-0.2, 0) is 11.8 Å². The summed E-state index contributed by atoms with van der Waals surface area (Å²) in [5, 5.41) is 11.6. The van der Waals surface area contributed by atoms with Crippen molar-refractivity contribution in [3.63, 3.8) is 0 Å². The zero-order valence-corrected chi connectivity index (χ0v) is 14.4. The van der Waals surface area contributed by atoms with E-state index < -0.39 is 0 Å². The average molecular weight is 321 g/mol. The maximum atomic E-state index is 5.71. The minimum atomic E-state index is 0.177. The first-order chi connectivity index (χ1) is 11.5. The number of nitrogens with one attached hydrogen (secondary N) is 1. The van der Waals surface area contributed by atoms with E-state index in [2.05, 4.69) is 60.6 Å². The Kier molecular flexibility index (Phi) is 4.65. The van der Waals surface area contributed by atoms with Gasteiger partial charge in [-0.1, -0.05) is 51.1 Å². The van der Waals surface area contributed by atoms with Crippen LogP contribution < -0.4 is 5.32 Å². The van der Waals surface area contributed by atoms with Crippen molar-refractivity contribution >= 4 is 5.69 Å². The number of hydrogen-bond acceptors (Lipinski definition) is 4. The molecule has 0 bridgehead atoms. The summed E-state index contributed by atoms with van der Waals surface area (Å²) < 4.78 is 5.71. The standard InChI is InChI=1S/C20H23N3O/c1-20(2,3)16-9-11-17(12-10-16)21-14-13-18-22-23-19(24-18)15-7-5-4-6-8-15/h4-12,21H,13-14H2,1-3H3. The number of rotatable bonds is 5. The summed E-state index contributed by atoms with van der Waals surface area (Å²) >= 11 is 0. The molecular weight excluding hydrogens is 298 g/mol. The minimum absolute atomic E-state index is 0.177. The van der Waals surface area contributed by atoms with E-state index in [0.29, 0.717) is 18.2 Å². The smallest absolute Gasteiger partial charge is 0.247 e. The highest BCUT2D eigenvalue weighted by atomic mass is 16.4. The van der Waals surface area contributed by atoms with Crippen LogP contribution in [0.1, 0.15) is 32.2 Å². The van der Waals surface area contributed by atoms with Crippen LogP contribution in [0.4, 0.5) is 5.69 Å². The normalized spacial score (nSPS) is 11.5. The molecule has 0 atom stereocenters. The molecule has 1 N–H and O–H groups in total. The van der Waals surface area contributed by atoms with Gasteiger partial charge in [-0.25, -0.2) is 0 Å². The Balaban J connectivity index is 1.54. The lowest BCUT2D eigenvalue weighted by Crippen LogP contribution is -2.11. The van der Waals surface area contributed by atoms with Gasteiger partial charge in [-0.05, 0) is 35.2 Å². The average Bonchev–Trinajstić information content (AvgIpc) is 3.04. The van der Waals surface area contributed by atoms with Crippen molar-refractivity contribution in [2.75, 3.05) is 11.9 Å². The van der Waals surface area contributed by atoms with E-state index in [9.17, 15) is 0 Å². The van der Waals surface area contributed by atoms with Gasteiger partial charge in [0.1, 0.15) is 0 Å². The molecule has 3 rings (SSSR count). The Morgan fingerprint density at radius 1 is 0.917 bits per heavy atom.